The Morgan fingerprint density at radius 3 is 2.54 bits per heavy atom. The third-order valence-electron chi connectivity index (χ3n) is 6.25. The molecule has 0 spiro atoms. The highest BCUT2D eigenvalue weighted by Crippen LogP contribution is 2.46. The molecule has 26 heavy (non-hydrogen) atoms. The molecule has 4 rings (SSSR count). The van der Waals surface area contributed by atoms with Crippen LogP contribution in [0.2, 0.25) is 0 Å². The van der Waals surface area contributed by atoms with Crippen LogP contribution in [0.4, 0.5) is 0 Å². The number of piperidine rings is 1. The Labute approximate surface area is 156 Å². The fourth-order valence-electron chi connectivity index (χ4n) is 4.81. The Hall–Kier alpha value is -2.13. The summed E-state index contributed by atoms with van der Waals surface area (Å²) in [5, 5.41) is 0. The van der Waals surface area contributed by atoms with Gasteiger partial charge in [0.1, 0.15) is 5.75 Å². The van der Waals surface area contributed by atoms with Gasteiger partial charge in [-0.15, -0.1) is 0 Å². The van der Waals surface area contributed by atoms with Crippen LogP contribution in [0.5, 0.6) is 5.75 Å². The van der Waals surface area contributed by atoms with Crippen LogP contribution in [0.25, 0.3) is 0 Å². The van der Waals surface area contributed by atoms with Crippen LogP contribution in [-0.2, 0) is 4.79 Å². The summed E-state index contributed by atoms with van der Waals surface area (Å²) in [6, 6.07) is 17.3. The molecule has 3 heteroatoms. The van der Waals surface area contributed by atoms with Crippen molar-refractivity contribution in [1.82, 2.24) is 4.90 Å². The number of esters is 1. The molecule has 0 amide bonds. The number of nitrogens with zero attached hydrogens (tertiary/aromatic N) is 1. The SMILES string of the molecule is Cc1ccc([C@H]2C[C@H]3CCC(C2C(=O)Oc2cccc(C)c2)N3C)cc1. The van der Waals surface area contributed by atoms with Crippen LogP contribution < -0.4 is 4.74 Å². The van der Waals surface area contributed by atoms with E-state index in [1.165, 1.54) is 17.5 Å². The highest BCUT2D eigenvalue weighted by atomic mass is 16.5. The van der Waals surface area contributed by atoms with Gasteiger partial charge >= 0.3 is 5.97 Å². The average Bonchev–Trinajstić information content (AvgIpc) is 2.85. The molecule has 0 N–H and O–H groups in total. The molecule has 4 atom stereocenters. The number of rotatable bonds is 3. The predicted octanol–water partition coefficient (Wildman–Crippen LogP) is 4.48. The van der Waals surface area contributed by atoms with Crippen LogP contribution >= 0.6 is 0 Å². The predicted molar refractivity (Wildman–Crippen MR) is 103 cm³/mol. The van der Waals surface area contributed by atoms with Crippen molar-refractivity contribution in [3.63, 3.8) is 0 Å². The van der Waals surface area contributed by atoms with Gasteiger partial charge in [-0.25, -0.2) is 0 Å². The number of carbonyl (C=O) groups excluding carboxylic acids is 1. The van der Waals surface area contributed by atoms with E-state index in [9.17, 15) is 4.79 Å². The van der Waals surface area contributed by atoms with Crippen LogP contribution in [0.3, 0.4) is 0 Å². The summed E-state index contributed by atoms with van der Waals surface area (Å²) in [5.74, 6) is 0.697. The fraction of sp³-hybridized carbons (Fsp3) is 0.435. The average molecular weight is 349 g/mol. The van der Waals surface area contributed by atoms with Crippen LogP contribution in [0, 0.1) is 19.8 Å². The molecule has 2 bridgehead atoms. The molecule has 2 unspecified atom stereocenters. The first-order chi connectivity index (χ1) is 12.5. The number of ether oxygens (including phenoxy) is 1. The topological polar surface area (TPSA) is 29.5 Å². The highest BCUT2D eigenvalue weighted by molar-refractivity contribution is 5.77. The molecule has 0 radical (unpaired) electrons. The second-order valence-corrected chi connectivity index (χ2v) is 7.98. The van der Waals surface area contributed by atoms with E-state index in [-0.39, 0.29) is 23.8 Å². The zero-order chi connectivity index (χ0) is 18.3. The van der Waals surface area contributed by atoms with Crippen molar-refractivity contribution in [3.05, 3.63) is 65.2 Å². The Morgan fingerprint density at radius 2 is 1.81 bits per heavy atom. The second-order valence-electron chi connectivity index (χ2n) is 7.98. The van der Waals surface area contributed by atoms with Crippen LogP contribution in [-0.4, -0.2) is 30.0 Å². The monoisotopic (exact) mass is 349 g/mol. The summed E-state index contributed by atoms with van der Waals surface area (Å²) in [7, 11) is 2.17. The molecule has 2 fully saturated rings. The van der Waals surface area contributed by atoms with Crippen molar-refractivity contribution in [2.45, 2.75) is 51.1 Å². The molecule has 3 nitrogen and oxygen atoms in total. The van der Waals surface area contributed by atoms with Crippen LogP contribution in [0.1, 0.15) is 41.9 Å². The van der Waals surface area contributed by atoms with Gasteiger partial charge in [-0.2, -0.15) is 0 Å². The summed E-state index contributed by atoms with van der Waals surface area (Å²) in [4.78, 5) is 15.6. The van der Waals surface area contributed by atoms with E-state index in [0.717, 1.165) is 18.4 Å². The molecule has 2 saturated heterocycles. The zero-order valence-corrected chi connectivity index (χ0v) is 15.8. The van der Waals surface area contributed by atoms with Crippen molar-refractivity contribution >= 4 is 5.97 Å². The molecule has 0 saturated carbocycles. The maximum Gasteiger partial charge on any atom is 0.316 e. The van der Waals surface area contributed by atoms with Crippen molar-refractivity contribution < 1.29 is 9.53 Å². The summed E-state index contributed by atoms with van der Waals surface area (Å²) in [6.07, 6.45) is 3.29. The number of carbonyl (C=O) groups is 1. The minimum Gasteiger partial charge on any atom is -0.426 e. The molecule has 0 aromatic heterocycles. The fourth-order valence-corrected chi connectivity index (χ4v) is 4.81. The second kappa shape index (κ2) is 6.88. The minimum absolute atomic E-state index is 0.0848. The van der Waals surface area contributed by atoms with Crippen molar-refractivity contribution in [1.29, 1.82) is 0 Å². The lowest BCUT2D eigenvalue weighted by atomic mass is 9.76. The van der Waals surface area contributed by atoms with E-state index in [1.807, 2.05) is 31.2 Å². The van der Waals surface area contributed by atoms with Crippen molar-refractivity contribution in [2.75, 3.05) is 7.05 Å². The molecule has 2 aromatic carbocycles. The number of hydrogen-bond donors (Lipinski definition) is 0. The van der Waals surface area contributed by atoms with E-state index in [0.29, 0.717) is 11.8 Å². The van der Waals surface area contributed by atoms with Gasteiger partial charge in [-0.1, -0.05) is 42.0 Å². The lowest BCUT2D eigenvalue weighted by Gasteiger charge is -2.41. The number of fused-ring (bicyclic) bond motifs is 2. The highest BCUT2D eigenvalue weighted by Gasteiger charge is 2.49. The van der Waals surface area contributed by atoms with Gasteiger partial charge in [-0.05, 0) is 63.4 Å². The molecule has 2 aliphatic rings. The Morgan fingerprint density at radius 1 is 1.04 bits per heavy atom. The van der Waals surface area contributed by atoms with Gasteiger partial charge < -0.3 is 4.74 Å². The first-order valence-electron chi connectivity index (χ1n) is 9.60. The van der Waals surface area contributed by atoms with E-state index in [2.05, 4.69) is 43.1 Å². The van der Waals surface area contributed by atoms with Crippen LogP contribution in [0.15, 0.2) is 48.5 Å². The third kappa shape index (κ3) is 3.16. The number of hydrogen-bond acceptors (Lipinski definition) is 3. The lowest BCUT2D eigenvalue weighted by Crippen LogP contribution is -2.49. The zero-order valence-electron chi connectivity index (χ0n) is 15.8. The van der Waals surface area contributed by atoms with Crippen molar-refractivity contribution in [3.8, 4) is 5.75 Å². The van der Waals surface area contributed by atoms with E-state index in [4.69, 9.17) is 4.74 Å². The molecular formula is C23H27NO2. The molecule has 2 heterocycles. The molecular weight excluding hydrogens is 322 g/mol. The van der Waals surface area contributed by atoms with Gasteiger partial charge in [0, 0.05) is 18.0 Å². The van der Waals surface area contributed by atoms with Gasteiger partial charge in [0.15, 0.2) is 0 Å². The normalized spacial score (nSPS) is 28.1. The molecule has 0 aliphatic carbocycles. The van der Waals surface area contributed by atoms with E-state index < -0.39 is 0 Å². The first-order valence-corrected chi connectivity index (χ1v) is 9.60. The molecule has 2 aliphatic heterocycles. The number of aryl methyl sites for hydroxylation is 2. The minimum atomic E-state index is -0.109. The summed E-state index contributed by atoms with van der Waals surface area (Å²) >= 11 is 0. The van der Waals surface area contributed by atoms with E-state index in [1.54, 1.807) is 0 Å². The quantitative estimate of drug-likeness (QED) is 0.605. The summed E-state index contributed by atoms with van der Waals surface area (Å²) < 4.78 is 5.84. The maximum atomic E-state index is 13.2. The standard InChI is InChI=1S/C23H27NO2/c1-15-7-9-17(10-8-15)20-14-18-11-12-21(24(18)3)22(20)23(25)26-19-6-4-5-16(2)13-19/h4-10,13,18,20-22H,11-12,14H2,1-3H3/t18-,20-,21?,22?/m1/s1. The van der Waals surface area contributed by atoms with Gasteiger partial charge in [0.2, 0.25) is 0 Å². The molecule has 136 valence electrons. The maximum absolute atomic E-state index is 13.2. The Bertz CT molecular complexity index is 798. The van der Waals surface area contributed by atoms with Gasteiger partial charge in [-0.3, -0.25) is 9.69 Å². The van der Waals surface area contributed by atoms with Crippen molar-refractivity contribution in [2.24, 2.45) is 5.92 Å². The summed E-state index contributed by atoms with van der Waals surface area (Å²) in [6.45, 7) is 4.12. The third-order valence-corrected chi connectivity index (χ3v) is 6.25. The number of benzene rings is 2. The molecule has 2 aromatic rings. The summed E-state index contributed by atoms with van der Waals surface area (Å²) in [5.41, 5.74) is 3.63. The van der Waals surface area contributed by atoms with Gasteiger partial charge in [0.05, 0.1) is 5.92 Å². The first kappa shape index (κ1) is 17.3. The Kier molecular flexibility index (Phi) is 4.58. The lowest BCUT2D eigenvalue weighted by molar-refractivity contribution is -0.143. The largest absolute Gasteiger partial charge is 0.426 e. The smallest absolute Gasteiger partial charge is 0.316 e. The Balaban J connectivity index is 1.64. The van der Waals surface area contributed by atoms with Gasteiger partial charge in [0.25, 0.3) is 0 Å². The van der Waals surface area contributed by atoms with E-state index >= 15 is 0 Å².